The predicted molar refractivity (Wildman–Crippen MR) is 114 cm³/mol. The molecule has 0 fully saturated rings. The number of nitrogens with two attached hydrogens (primary N) is 3. The van der Waals surface area contributed by atoms with Gasteiger partial charge in [-0.25, -0.2) is 4.79 Å². The summed E-state index contributed by atoms with van der Waals surface area (Å²) in [7, 11) is 0. The largest absolute Gasteiger partial charge is 0.480 e. The van der Waals surface area contributed by atoms with Gasteiger partial charge in [0.1, 0.15) is 18.1 Å². The van der Waals surface area contributed by atoms with E-state index in [1.165, 1.54) is 6.92 Å². The number of nitrogens with zero attached hydrogens (tertiary/aromatic N) is 1. The zero-order chi connectivity index (χ0) is 24.1. The highest BCUT2D eigenvalue weighted by atomic mass is 16.4. The van der Waals surface area contributed by atoms with Crippen molar-refractivity contribution in [3.63, 3.8) is 0 Å². The monoisotopic (exact) mass is 445 g/mol. The topological polar surface area (TPSA) is 235 Å². The fourth-order valence-corrected chi connectivity index (χ4v) is 2.46. The van der Waals surface area contributed by atoms with Crippen LogP contribution in [0.1, 0.15) is 40.0 Å². The van der Waals surface area contributed by atoms with Crippen LogP contribution < -0.4 is 33.2 Å². The van der Waals surface area contributed by atoms with Crippen LogP contribution in [0.2, 0.25) is 0 Å². The molecule has 0 heterocycles. The van der Waals surface area contributed by atoms with Gasteiger partial charge in [-0.15, -0.1) is 0 Å². The van der Waals surface area contributed by atoms with E-state index in [0.29, 0.717) is 25.8 Å². The van der Waals surface area contributed by atoms with Crippen molar-refractivity contribution in [2.24, 2.45) is 28.1 Å². The number of carbonyl (C=O) groups excluding carboxylic acids is 3. The highest BCUT2D eigenvalue weighted by Gasteiger charge is 2.30. The van der Waals surface area contributed by atoms with E-state index in [1.807, 2.05) is 6.92 Å². The Balaban J connectivity index is 4.96. The Morgan fingerprint density at radius 1 is 1.00 bits per heavy atom. The van der Waals surface area contributed by atoms with Crippen LogP contribution in [-0.4, -0.2) is 77.2 Å². The predicted octanol–water partition coefficient (Wildman–Crippen LogP) is -3.04. The number of nitrogens with one attached hydrogen (secondary N) is 3. The third kappa shape index (κ3) is 10.6. The molecule has 0 spiro atoms. The number of hydrogen-bond donors (Lipinski definition) is 8. The Morgan fingerprint density at radius 3 is 2.10 bits per heavy atom. The number of aliphatic carboxylic acids is 1. The van der Waals surface area contributed by atoms with E-state index < -0.39 is 54.5 Å². The second-order valence-electron chi connectivity index (χ2n) is 7.24. The van der Waals surface area contributed by atoms with Gasteiger partial charge in [-0.2, -0.15) is 0 Å². The van der Waals surface area contributed by atoms with Crippen LogP contribution in [-0.2, 0) is 19.2 Å². The minimum absolute atomic E-state index is 0.0571. The second-order valence-corrected chi connectivity index (χ2v) is 7.24. The molecule has 0 aliphatic rings. The maximum Gasteiger partial charge on any atom is 0.328 e. The van der Waals surface area contributed by atoms with E-state index in [0.717, 1.165) is 0 Å². The summed E-state index contributed by atoms with van der Waals surface area (Å²) in [6, 6.07) is -4.42. The molecule has 31 heavy (non-hydrogen) atoms. The van der Waals surface area contributed by atoms with Crippen molar-refractivity contribution < 1.29 is 29.4 Å². The van der Waals surface area contributed by atoms with Gasteiger partial charge in [0.25, 0.3) is 0 Å². The molecule has 5 unspecified atom stereocenters. The molecule has 11 N–H and O–H groups in total. The number of hydrogen-bond acceptors (Lipinski definition) is 7. The van der Waals surface area contributed by atoms with Crippen molar-refractivity contribution in [2.75, 3.05) is 13.2 Å². The minimum Gasteiger partial charge on any atom is -0.480 e. The van der Waals surface area contributed by atoms with Gasteiger partial charge in [-0.1, -0.05) is 20.3 Å². The second kappa shape index (κ2) is 14.1. The smallest absolute Gasteiger partial charge is 0.328 e. The number of amides is 3. The molecule has 0 aliphatic carbocycles. The van der Waals surface area contributed by atoms with E-state index in [4.69, 9.17) is 27.4 Å². The molecule has 5 atom stereocenters. The number of aliphatic imine (C=N–C) groups is 1. The van der Waals surface area contributed by atoms with E-state index in [-0.39, 0.29) is 11.9 Å². The molecule has 178 valence electrons. The van der Waals surface area contributed by atoms with Gasteiger partial charge in [-0.3, -0.25) is 19.4 Å². The lowest BCUT2D eigenvalue weighted by atomic mass is 9.97. The number of carboxylic acid groups (broad SMARTS) is 1. The molecule has 13 nitrogen and oxygen atoms in total. The molecular weight excluding hydrogens is 410 g/mol. The Labute approximate surface area is 181 Å². The van der Waals surface area contributed by atoms with Gasteiger partial charge < -0.3 is 43.4 Å². The number of carboxylic acids is 1. The van der Waals surface area contributed by atoms with Gasteiger partial charge >= 0.3 is 5.97 Å². The number of aliphatic hydroxyl groups excluding tert-OH is 1. The summed E-state index contributed by atoms with van der Waals surface area (Å²) in [4.78, 5) is 51.9. The summed E-state index contributed by atoms with van der Waals surface area (Å²) in [6.07, 6.45) is 1.33. The molecule has 0 rings (SSSR count). The van der Waals surface area contributed by atoms with E-state index in [2.05, 4.69) is 20.9 Å². The molecule has 13 heteroatoms. The van der Waals surface area contributed by atoms with Gasteiger partial charge in [0.05, 0.1) is 12.6 Å². The molecule has 0 radical (unpaired) electrons. The maximum absolute atomic E-state index is 12.7. The number of rotatable bonds is 14. The first-order valence-corrected chi connectivity index (χ1v) is 10.00. The van der Waals surface area contributed by atoms with E-state index in [1.54, 1.807) is 6.92 Å². The van der Waals surface area contributed by atoms with E-state index in [9.17, 15) is 19.2 Å². The van der Waals surface area contributed by atoms with Crippen molar-refractivity contribution in [1.82, 2.24) is 16.0 Å². The average molecular weight is 446 g/mol. The van der Waals surface area contributed by atoms with Crippen LogP contribution in [0.5, 0.6) is 0 Å². The molecule has 0 aliphatic heterocycles. The highest BCUT2D eigenvalue weighted by molar-refractivity contribution is 5.94. The lowest BCUT2D eigenvalue weighted by Crippen LogP contribution is -2.58. The first-order valence-electron chi connectivity index (χ1n) is 10.00. The van der Waals surface area contributed by atoms with Crippen LogP contribution in [0.4, 0.5) is 0 Å². The normalized spacial score (nSPS) is 15.5. The lowest BCUT2D eigenvalue weighted by molar-refractivity contribution is -0.143. The van der Waals surface area contributed by atoms with Crippen LogP contribution in [0, 0.1) is 5.92 Å². The Hall–Kier alpha value is -2.93. The first-order chi connectivity index (χ1) is 14.4. The zero-order valence-corrected chi connectivity index (χ0v) is 18.1. The van der Waals surface area contributed by atoms with E-state index >= 15 is 0 Å². The summed E-state index contributed by atoms with van der Waals surface area (Å²) < 4.78 is 0. The molecule has 0 aromatic rings. The highest BCUT2D eigenvalue weighted by Crippen LogP contribution is 2.09. The van der Waals surface area contributed by atoms with Crippen molar-refractivity contribution in [1.29, 1.82) is 0 Å². The Morgan fingerprint density at radius 2 is 1.61 bits per heavy atom. The Kier molecular flexibility index (Phi) is 12.8. The minimum atomic E-state index is -1.49. The van der Waals surface area contributed by atoms with Crippen molar-refractivity contribution >= 4 is 29.7 Å². The first kappa shape index (κ1) is 28.1. The standard InChI is InChI=1S/C18H35N7O6/c1-4-9(2)13(25-15(28)11(19)6-5-7-22-18(20)21)16(29)23-10(3)14(27)24-12(8-26)17(30)31/h9-13,26H,4-8,19H2,1-3H3,(H,23,29)(H,24,27)(H,25,28)(H,30,31)(H4,20,21,22). The van der Waals surface area contributed by atoms with Gasteiger partial charge in [0.15, 0.2) is 5.96 Å². The van der Waals surface area contributed by atoms with Crippen molar-refractivity contribution in [2.45, 2.75) is 64.2 Å². The Bertz CT molecular complexity index is 653. The fraction of sp³-hybridized carbons (Fsp3) is 0.722. The van der Waals surface area contributed by atoms with Crippen LogP contribution in [0.3, 0.4) is 0 Å². The number of carbonyl (C=O) groups is 4. The molecular formula is C18H35N7O6. The molecule has 0 saturated heterocycles. The summed E-state index contributed by atoms with van der Waals surface area (Å²) in [5.41, 5.74) is 16.3. The van der Waals surface area contributed by atoms with Crippen LogP contribution in [0.25, 0.3) is 0 Å². The molecule has 0 bridgehead atoms. The summed E-state index contributed by atoms with van der Waals surface area (Å²) >= 11 is 0. The van der Waals surface area contributed by atoms with Crippen LogP contribution >= 0.6 is 0 Å². The van der Waals surface area contributed by atoms with Gasteiger partial charge in [0.2, 0.25) is 17.7 Å². The maximum atomic E-state index is 12.7. The summed E-state index contributed by atoms with van der Waals surface area (Å²) in [6.45, 7) is 4.46. The van der Waals surface area contributed by atoms with Gasteiger partial charge in [-0.05, 0) is 25.7 Å². The molecule has 0 aromatic heterocycles. The molecule has 0 aromatic carbocycles. The molecule has 3 amide bonds. The number of aliphatic hydroxyl groups is 1. The van der Waals surface area contributed by atoms with Crippen molar-refractivity contribution in [3.8, 4) is 0 Å². The average Bonchev–Trinajstić information content (AvgIpc) is 2.71. The van der Waals surface area contributed by atoms with Gasteiger partial charge in [0, 0.05) is 6.54 Å². The third-order valence-corrected chi connectivity index (χ3v) is 4.65. The summed E-state index contributed by atoms with van der Waals surface area (Å²) in [5.74, 6) is -3.67. The fourth-order valence-electron chi connectivity index (χ4n) is 2.46. The zero-order valence-electron chi connectivity index (χ0n) is 18.1. The van der Waals surface area contributed by atoms with Crippen LogP contribution in [0.15, 0.2) is 4.99 Å². The lowest BCUT2D eigenvalue weighted by Gasteiger charge is -2.26. The SMILES string of the molecule is CCC(C)C(NC(=O)C(N)CCCN=C(N)N)C(=O)NC(C)C(=O)NC(CO)C(=O)O. The number of guanidine groups is 1. The molecule has 0 saturated carbocycles. The summed E-state index contributed by atoms with van der Waals surface area (Å²) in [5, 5.41) is 25.0. The third-order valence-electron chi connectivity index (χ3n) is 4.65. The van der Waals surface area contributed by atoms with Crippen molar-refractivity contribution in [3.05, 3.63) is 0 Å². The quantitative estimate of drug-likeness (QED) is 0.0769.